The van der Waals surface area contributed by atoms with E-state index >= 15 is 0 Å². The van der Waals surface area contributed by atoms with Gasteiger partial charge in [-0.05, 0) is 48.9 Å². The molecule has 0 aliphatic heterocycles. The molecular formula is C18H16ClF3N2O2. The van der Waals surface area contributed by atoms with Crippen molar-refractivity contribution < 1.29 is 22.8 Å². The van der Waals surface area contributed by atoms with Crippen LogP contribution >= 0.6 is 11.6 Å². The molecule has 0 atom stereocenters. The average Bonchev–Trinajstić information content (AvgIpc) is 2.55. The fourth-order valence-corrected chi connectivity index (χ4v) is 2.51. The van der Waals surface area contributed by atoms with Gasteiger partial charge < -0.3 is 10.2 Å². The van der Waals surface area contributed by atoms with E-state index in [9.17, 15) is 22.8 Å². The lowest BCUT2D eigenvalue weighted by molar-refractivity contribution is -0.137. The number of anilines is 2. The Bertz CT molecular complexity index is 820. The lowest BCUT2D eigenvalue weighted by atomic mass is 10.1. The predicted octanol–water partition coefficient (Wildman–Crippen LogP) is 4.66. The van der Waals surface area contributed by atoms with Gasteiger partial charge in [0.2, 0.25) is 11.8 Å². The number of benzene rings is 2. The molecule has 0 aliphatic carbocycles. The Labute approximate surface area is 153 Å². The number of nitrogens with zero attached hydrogens (tertiary/aromatic N) is 1. The highest BCUT2D eigenvalue weighted by Crippen LogP contribution is 2.30. The Kier molecular flexibility index (Phi) is 5.92. The Morgan fingerprint density at radius 1 is 1.12 bits per heavy atom. The molecule has 26 heavy (non-hydrogen) atoms. The number of hydrogen-bond acceptors (Lipinski definition) is 2. The van der Waals surface area contributed by atoms with Gasteiger partial charge in [0.15, 0.2) is 0 Å². The van der Waals surface area contributed by atoms with E-state index in [1.54, 1.807) is 25.1 Å². The molecule has 1 N–H and O–H groups in total. The van der Waals surface area contributed by atoms with Crippen LogP contribution in [0.25, 0.3) is 0 Å². The first-order valence-electron chi connectivity index (χ1n) is 7.60. The minimum atomic E-state index is -4.45. The van der Waals surface area contributed by atoms with Crippen molar-refractivity contribution in [3.63, 3.8) is 0 Å². The second-order valence-corrected chi connectivity index (χ2v) is 6.02. The Morgan fingerprint density at radius 2 is 1.73 bits per heavy atom. The molecule has 0 heterocycles. The van der Waals surface area contributed by atoms with Crippen LogP contribution in [0.1, 0.15) is 18.1 Å². The van der Waals surface area contributed by atoms with E-state index in [-0.39, 0.29) is 18.1 Å². The van der Waals surface area contributed by atoms with Crippen LogP contribution in [0.5, 0.6) is 0 Å². The maximum Gasteiger partial charge on any atom is 0.416 e. The van der Waals surface area contributed by atoms with Gasteiger partial charge in [-0.15, -0.1) is 0 Å². The molecule has 0 saturated carbocycles. The second kappa shape index (κ2) is 7.78. The Hall–Kier alpha value is -2.54. The minimum absolute atomic E-state index is 0.203. The SMILES string of the molecule is CC(=O)N(CC(=O)Nc1ccc(C(F)(F)F)cc1)c1cccc(Cl)c1C. The standard InChI is InChI=1S/C18H16ClF3N2O2/c1-11-15(19)4-3-5-16(11)24(12(2)25)10-17(26)23-14-8-6-13(7-9-14)18(20,21)22/h3-9H,10H2,1-2H3,(H,23,26). The van der Waals surface area contributed by atoms with Gasteiger partial charge in [0.25, 0.3) is 0 Å². The van der Waals surface area contributed by atoms with Crippen molar-refractivity contribution in [2.75, 3.05) is 16.8 Å². The Balaban J connectivity index is 2.13. The molecule has 2 aromatic carbocycles. The molecule has 0 bridgehead atoms. The minimum Gasteiger partial charge on any atom is -0.325 e. The molecule has 138 valence electrons. The normalized spacial score (nSPS) is 11.2. The van der Waals surface area contributed by atoms with Gasteiger partial charge in [-0.2, -0.15) is 13.2 Å². The Morgan fingerprint density at radius 3 is 2.27 bits per heavy atom. The third-order valence-electron chi connectivity index (χ3n) is 3.71. The third kappa shape index (κ3) is 4.76. The summed E-state index contributed by atoms with van der Waals surface area (Å²) in [6, 6.07) is 9.05. The van der Waals surface area contributed by atoms with Crippen LogP contribution in [-0.4, -0.2) is 18.4 Å². The van der Waals surface area contributed by atoms with Gasteiger partial charge in [0.05, 0.1) is 5.56 Å². The van der Waals surface area contributed by atoms with E-state index in [1.807, 2.05) is 0 Å². The average molecular weight is 385 g/mol. The zero-order valence-corrected chi connectivity index (χ0v) is 14.8. The highest BCUT2D eigenvalue weighted by atomic mass is 35.5. The van der Waals surface area contributed by atoms with Crippen LogP contribution in [0.15, 0.2) is 42.5 Å². The highest BCUT2D eigenvalue weighted by molar-refractivity contribution is 6.31. The van der Waals surface area contributed by atoms with Gasteiger partial charge in [-0.3, -0.25) is 9.59 Å². The van der Waals surface area contributed by atoms with E-state index < -0.39 is 17.6 Å². The van der Waals surface area contributed by atoms with E-state index in [1.165, 1.54) is 11.8 Å². The fraction of sp³-hybridized carbons (Fsp3) is 0.222. The van der Waals surface area contributed by atoms with Crippen molar-refractivity contribution in [3.8, 4) is 0 Å². The molecule has 0 aromatic heterocycles. The number of rotatable bonds is 4. The molecule has 0 aliphatic rings. The van der Waals surface area contributed by atoms with Crippen LogP contribution in [0.2, 0.25) is 5.02 Å². The van der Waals surface area contributed by atoms with Crippen LogP contribution < -0.4 is 10.2 Å². The maximum absolute atomic E-state index is 12.6. The third-order valence-corrected chi connectivity index (χ3v) is 4.12. The molecule has 2 amide bonds. The van der Waals surface area contributed by atoms with E-state index in [2.05, 4.69) is 5.32 Å². The van der Waals surface area contributed by atoms with Crippen molar-refractivity contribution in [1.82, 2.24) is 0 Å². The molecular weight excluding hydrogens is 369 g/mol. The molecule has 0 saturated heterocycles. The number of amides is 2. The quantitative estimate of drug-likeness (QED) is 0.833. The number of hydrogen-bond donors (Lipinski definition) is 1. The summed E-state index contributed by atoms with van der Waals surface area (Å²) in [6.07, 6.45) is -4.45. The zero-order valence-electron chi connectivity index (χ0n) is 14.0. The molecule has 0 spiro atoms. The summed E-state index contributed by atoms with van der Waals surface area (Å²) in [7, 11) is 0. The summed E-state index contributed by atoms with van der Waals surface area (Å²) in [6.45, 7) is 2.74. The van der Waals surface area contributed by atoms with Crippen molar-refractivity contribution in [2.45, 2.75) is 20.0 Å². The van der Waals surface area contributed by atoms with E-state index in [0.29, 0.717) is 16.3 Å². The number of carbonyl (C=O) groups is 2. The van der Waals surface area contributed by atoms with Crippen LogP contribution in [-0.2, 0) is 15.8 Å². The van der Waals surface area contributed by atoms with Crippen LogP contribution in [0, 0.1) is 6.92 Å². The fourth-order valence-electron chi connectivity index (χ4n) is 2.34. The topological polar surface area (TPSA) is 49.4 Å². The lowest BCUT2D eigenvalue weighted by Gasteiger charge is -2.23. The summed E-state index contributed by atoms with van der Waals surface area (Å²) in [4.78, 5) is 25.4. The number of carbonyl (C=O) groups excluding carboxylic acids is 2. The van der Waals surface area contributed by atoms with Crippen molar-refractivity contribution in [1.29, 1.82) is 0 Å². The molecule has 2 rings (SSSR count). The van der Waals surface area contributed by atoms with Gasteiger partial charge in [-0.1, -0.05) is 17.7 Å². The van der Waals surface area contributed by atoms with Crippen molar-refractivity contribution >= 4 is 34.8 Å². The molecule has 4 nitrogen and oxygen atoms in total. The molecule has 0 unspecified atom stereocenters. The number of alkyl halides is 3. The van der Waals surface area contributed by atoms with Gasteiger partial charge in [0, 0.05) is 23.3 Å². The largest absolute Gasteiger partial charge is 0.416 e. The van der Waals surface area contributed by atoms with Crippen LogP contribution in [0.4, 0.5) is 24.5 Å². The van der Waals surface area contributed by atoms with E-state index in [0.717, 1.165) is 24.3 Å². The summed E-state index contributed by atoms with van der Waals surface area (Å²) in [5.74, 6) is -0.905. The smallest absolute Gasteiger partial charge is 0.325 e. The first-order valence-corrected chi connectivity index (χ1v) is 7.97. The van der Waals surface area contributed by atoms with Crippen molar-refractivity contribution in [2.24, 2.45) is 0 Å². The summed E-state index contributed by atoms with van der Waals surface area (Å²) >= 11 is 6.05. The summed E-state index contributed by atoms with van der Waals surface area (Å²) in [5, 5.41) is 2.93. The maximum atomic E-state index is 12.6. The first-order chi connectivity index (χ1) is 12.1. The number of nitrogens with one attached hydrogen (secondary N) is 1. The highest BCUT2D eigenvalue weighted by Gasteiger charge is 2.30. The van der Waals surface area contributed by atoms with Gasteiger partial charge in [0.1, 0.15) is 6.54 Å². The molecule has 2 aromatic rings. The van der Waals surface area contributed by atoms with E-state index in [4.69, 9.17) is 11.6 Å². The monoisotopic (exact) mass is 384 g/mol. The second-order valence-electron chi connectivity index (χ2n) is 5.61. The lowest BCUT2D eigenvalue weighted by Crippen LogP contribution is -2.37. The predicted molar refractivity (Wildman–Crippen MR) is 94.3 cm³/mol. The first kappa shape index (κ1) is 19.8. The van der Waals surface area contributed by atoms with Gasteiger partial charge in [-0.25, -0.2) is 0 Å². The summed E-state index contributed by atoms with van der Waals surface area (Å²) in [5.41, 5.74) is 0.531. The molecule has 8 heteroatoms. The zero-order chi connectivity index (χ0) is 19.5. The van der Waals surface area contributed by atoms with Gasteiger partial charge >= 0.3 is 6.18 Å². The summed E-state index contributed by atoms with van der Waals surface area (Å²) < 4.78 is 37.7. The van der Waals surface area contributed by atoms with Crippen LogP contribution in [0.3, 0.4) is 0 Å². The van der Waals surface area contributed by atoms with Crippen molar-refractivity contribution in [3.05, 3.63) is 58.6 Å². The molecule has 0 fully saturated rings. The number of halogens is 4. The molecule has 0 radical (unpaired) electrons.